The number of hydrogen-bond acceptors (Lipinski definition) is 7. The second-order valence-electron chi connectivity index (χ2n) is 6.21. The van der Waals surface area contributed by atoms with Crippen LogP contribution < -0.4 is 14.8 Å². The van der Waals surface area contributed by atoms with Gasteiger partial charge in [0.15, 0.2) is 16.7 Å². The van der Waals surface area contributed by atoms with Crippen LogP contribution in [0, 0.1) is 0 Å². The highest BCUT2D eigenvalue weighted by atomic mass is 79.9. The highest BCUT2D eigenvalue weighted by Crippen LogP contribution is 2.44. The van der Waals surface area contributed by atoms with Crippen LogP contribution in [0.25, 0.3) is 0 Å². The van der Waals surface area contributed by atoms with Crippen LogP contribution in [0.1, 0.15) is 35.1 Å². The number of halogens is 1. The van der Waals surface area contributed by atoms with Gasteiger partial charge in [-0.05, 0) is 45.8 Å². The Balaban J connectivity index is 1.91. The first-order valence-corrected chi connectivity index (χ1v) is 10.4. The van der Waals surface area contributed by atoms with Crippen molar-refractivity contribution in [1.82, 2.24) is 10.3 Å². The van der Waals surface area contributed by atoms with Crippen molar-refractivity contribution in [3.63, 3.8) is 0 Å². The third-order valence-corrected chi connectivity index (χ3v) is 5.68. The van der Waals surface area contributed by atoms with E-state index in [1.165, 1.54) is 37.7 Å². The normalized spacial score (nSPS) is 15.4. The lowest BCUT2D eigenvalue weighted by Crippen LogP contribution is -2.25. The quantitative estimate of drug-likeness (QED) is 0.517. The lowest BCUT2D eigenvalue weighted by molar-refractivity contribution is -0.129. The third kappa shape index (κ3) is 4.82. The monoisotopic (exact) mass is 491 g/mol. The van der Waals surface area contributed by atoms with Crippen LogP contribution in [-0.2, 0) is 9.59 Å². The van der Waals surface area contributed by atoms with Gasteiger partial charge in [-0.2, -0.15) is 0 Å². The van der Waals surface area contributed by atoms with E-state index in [4.69, 9.17) is 9.47 Å². The van der Waals surface area contributed by atoms with Gasteiger partial charge < -0.3 is 14.8 Å². The zero-order chi connectivity index (χ0) is 21.8. The van der Waals surface area contributed by atoms with Crippen molar-refractivity contribution >= 4 is 50.6 Å². The molecule has 0 fully saturated rings. The maximum atomic E-state index is 12.4. The van der Waals surface area contributed by atoms with E-state index in [9.17, 15) is 14.4 Å². The van der Waals surface area contributed by atoms with E-state index >= 15 is 0 Å². The Kier molecular flexibility index (Phi) is 6.78. The van der Waals surface area contributed by atoms with Gasteiger partial charge in [0, 0.05) is 13.8 Å². The zero-order valence-corrected chi connectivity index (χ0v) is 18.7. The number of thioether (sulfide) groups is 1. The van der Waals surface area contributed by atoms with Crippen molar-refractivity contribution in [2.45, 2.75) is 19.2 Å². The third-order valence-electron chi connectivity index (χ3n) is 3.99. The van der Waals surface area contributed by atoms with Gasteiger partial charge in [0.25, 0.3) is 0 Å². The van der Waals surface area contributed by atoms with Gasteiger partial charge in [0.1, 0.15) is 5.37 Å². The highest BCUT2D eigenvalue weighted by Gasteiger charge is 2.33. The van der Waals surface area contributed by atoms with Gasteiger partial charge in [-0.25, -0.2) is 9.80 Å². The summed E-state index contributed by atoms with van der Waals surface area (Å²) in [5.41, 5.74) is 1.07. The fourth-order valence-electron chi connectivity index (χ4n) is 2.69. The number of amidine groups is 1. The molecule has 1 aliphatic heterocycles. The molecule has 10 heteroatoms. The molecule has 0 spiro atoms. The van der Waals surface area contributed by atoms with Gasteiger partial charge in [0.2, 0.25) is 11.8 Å². The fourth-order valence-corrected chi connectivity index (χ4v) is 4.34. The molecule has 30 heavy (non-hydrogen) atoms. The molecule has 1 atom stereocenters. The number of carbonyl (C=O) groups excluding carboxylic acids is 3. The molecule has 3 rings (SSSR count). The van der Waals surface area contributed by atoms with E-state index in [0.29, 0.717) is 26.5 Å². The van der Waals surface area contributed by atoms with Gasteiger partial charge in [0.05, 0.1) is 17.1 Å². The lowest BCUT2D eigenvalue weighted by atomic mass is 10.2. The minimum absolute atomic E-state index is 0.218. The van der Waals surface area contributed by atoms with Gasteiger partial charge in [-0.15, -0.1) is 5.10 Å². The van der Waals surface area contributed by atoms with Gasteiger partial charge >= 0.3 is 5.97 Å². The fraction of sp³-hybridized carbons (Fsp3) is 0.200. The van der Waals surface area contributed by atoms with Crippen molar-refractivity contribution in [2.75, 3.05) is 7.11 Å². The first-order valence-electron chi connectivity index (χ1n) is 8.77. The Morgan fingerprint density at radius 1 is 1.17 bits per heavy atom. The predicted molar refractivity (Wildman–Crippen MR) is 116 cm³/mol. The van der Waals surface area contributed by atoms with Crippen LogP contribution in [0.4, 0.5) is 0 Å². The Bertz CT molecular complexity index is 1030. The van der Waals surface area contributed by atoms with Crippen LogP contribution in [0.5, 0.6) is 11.5 Å². The molecule has 0 unspecified atom stereocenters. The van der Waals surface area contributed by atoms with E-state index in [2.05, 4.69) is 26.3 Å². The molecule has 2 aromatic carbocycles. The second kappa shape index (κ2) is 9.31. The molecule has 0 saturated carbocycles. The van der Waals surface area contributed by atoms with Gasteiger partial charge in [-0.1, -0.05) is 30.0 Å². The zero-order valence-electron chi connectivity index (χ0n) is 16.3. The molecular formula is C20H18BrN3O5S. The number of methoxy groups -OCH3 is 1. The summed E-state index contributed by atoms with van der Waals surface area (Å²) in [5.74, 6) is -0.578. The summed E-state index contributed by atoms with van der Waals surface area (Å²) in [6.07, 6.45) is 0. The molecule has 0 bridgehead atoms. The molecule has 156 valence electrons. The largest absolute Gasteiger partial charge is 0.493 e. The number of nitrogens with one attached hydrogen (secondary N) is 1. The smallest absolute Gasteiger partial charge is 0.343 e. The summed E-state index contributed by atoms with van der Waals surface area (Å²) in [5, 5.41) is 7.83. The van der Waals surface area contributed by atoms with Crippen LogP contribution in [-0.4, -0.2) is 35.1 Å². The number of rotatable bonds is 4. The summed E-state index contributed by atoms with van der Waals surface area (Å²) >= 11 is 4.63. The number of nitrogens with zero attached hydrogens (tertiary/aromatic N) is 2. The summed E-state index contributed by atoms with van der Waals surface area (Å²) in [6.45, 7) is 2.75. The van der Waals surface area contributed by atoms with Crippen molar-refractivity contribution in [2.24, 2.45) is 5.10 Å². The summed E-state index contributed by atoms with van der Waals surface area (Å²) in [4.78, 5) is 35.9. The molecule has 1 N–H and O–H groups in total. The van der Waals surface area contributed by atoms with Crippen molar-refractivity contribution in [3.05, 3.63) is 58.1 Å². The van der Waals surface area contributed by atoms with E-state index in [1.54, 1.807) is 42.5 Å². The Hall–Kier alpha value is -2.85. The number of esters is 1. The number of benzene rings is 2. The first-order chi connectivity index (χ1) is 14.3. The molecule has 0 aliphatic carbocycles. The highest BCUT2D eigenvalue weighted by molar-refractivity contribution is 9.10. The van der Waals surface area contributed by atoms with Gasteiger partial charge in [-0.3, -0.25) is 9.59 Å². The van der Waals surface area contributed by atoms with Crippen LogP contribution >= 0.6 is 27.7 Å². The van der Waals surface area contributed by atoms with Crippen molar-refractivity contribution in [1.29, 1.82) is 0 Å². The minimum atomic E-state index is -0.528. The lowest BCUT2D eigenvalue weighted by Gasteiger charge is -2.21. The molecule has 2 aromatic rings. The number of hydrogen-bond donors (Lipinski definition) is 1. The van der Waals surface area contributed by atoms with E-state index in [-0.39, 0.29) is 17.6 Å². The topological polar surface area (TPSA) is 97.3 Å². The van der Waals surface area contributed by atoms with Crippen LogP contribution in [0.15, 0.2) is 52.0 Å². The van der Waals surface area contributed by atoms with Crippen molar-refractivity contribution < 1.29 is 23.9 Å². The van der Waals surface area contributed by atoms with E-state index in [1.807, 2.05) is 0 Å². The summed E-state index contributed by atoms with van der Waals surface area (Å²) < 4.78 is 11.4. The molecule has 1 heterocycles. The summed E-state index contributed by atoms with van der Waals surface area (Å²) in [6, 6.07) is 12.0. The second-order valence-corrected chi connectivity index (χ2v) is 8.13. The number of ether oxygens (including phenoxy) is 2. The average Bonchev–Trinajstić information content (AvgIpc) is 3.13. The number of hydrazone groups is 1. The molecular weight excluding hydrogens is 474 g/mol. The maximum absolute atomic E-state index is 12.4. The van der Waals surface area contributed by atoms with E-state index < -0.39 is 11.3 Å². The standard InChI is InChI=1S/C20H18BrN3O5S/c1-11(25)22-20-23-24(12(2)26)18(30-20)14-9-15(21)17(16(10-14)28-3)29-19(27)13-7-5-4-6-8-13/h4-10,18H,1-3H3,(H,22,23,25)/t18-/m0/s1. The van der Waals surface area contributed by atoms with Crippen LogP contribution in [0.3, 0.4) is 0 Å². The van der Waals surface area contributed by atoms with Crippen molar-refractivity contribution in [3.8, 4) is 11.5 Å². The average molecular weight is 492 g/mol. The molecule has 0 aromatic heterocycles. The Morgan fingerprint density at radius 2 is 1.87 bits per heavy atom. The first kappa shape index (κ1) is 21.8. The molecule has 0 radical (unpaired) electrons. The summed E-state index contributed by atoms with van der Waals surface area (Å²) in [7, 11) is 1.45. The molecule has 0 saturated heterocycles. The molecule has 8 nitrogen and oxygen atoms in total. The molecule has 1 aliphatic rings. The minimum Gasteiger partial charge on any atom is -0.493 e. The number of carbonyl (C=O) groups is 3. The maximum Gasteiger partial charge on any atom is 0.343 e. The van der Waals surface area contributed by atoms with Crippen LogP contribution in [0.2, 0.25) is 0 Å². The van der Waals surface area contributed by atoms with E-state index in [0.717, 1.165) is 0 Å². The Morgan fingerprint density at radius 3 is 2.47 bits per heavy atom. The number of amides is 2. The predicted octanol–water partition coefficient (Wildman–Crippen LogP) is 3.68. The molecule has 2 amide bonds. The Labute approximate surface area is 185 Å². The SMILES string of the molecule is COc1cc([C@@H]2SC(NC(C)=O)=NN2C(C)=O)cc(Br)c1OC(=O)c1ccccc1.